The van der Waals surface area contributed by atoms with Crippen LogP contribution in [0.15, 0.2) is 46.2 Å². The zero-order valence-corrected chi connectivity index (χ0v) is 16.0. The third-order valence-corrected chi connectivity index (χ3v) is 4.53. The first-order valence-corrected chi connectivity index (χ1v) is 9.17. The Morgan fingerprint density at radius 3 is 2.48 bits per heavy atom. The lowest BCUT2D eigenvalue weighted by Gasteiger charge is -2.16. The summed E-state index contributed by atoms with van der Waals surface area (Å²) < 4.78 is 23.3. The minimum Gasteiger partial charge on any atom is -0.494 e. The molecule has 8 nitrogen and oxygen atoms in total. The molecule has 0 atom stereocenters. The lowest BCUT2D eigenvalue weighted by atomic mass is 10.2. The van der Waals surface area contributed by atoms with Crippen molar-refractivity contribution in [3.8, 4) is 28.8 Å². The monoisotopic (exact) mass is 389 g/mol. The van der Waals surface area contributed by atoms with Gasteiger partial charge in [-0.2, -0.15) is 0 Å². The third-order valence-electron chi connectivity index (χ3n) is 3.62. The number of ether oxygens (including phenoxy) is 3. The number of para-hydroxylation sites is 1. The average Bonchev–Trinajstić information content (AvgIpc) is 3.35. The van der Waals surface area contributed by atoms with E-state index in [0.29, 0.717) is 40.5 Å². The van der Waals surface area contributed by atoms with Crippen LogP contribution in [0.25, 0.3) is 17.3 Å². The minimum atomic E-state index is -0.330. The molecule has 142 valence electrons. The molecular weight excluding hydrogens is 370 g/mol. The molecule has 3 rings (SSSR count). The molecule has 0 saturated carbocycles. The fourth-order valence-electron chi connectivity index (χ4n) is 2.51. The van der Waals surface area contributed by atoms with E-state index < -0.39 is 0 Å². The summed E-state index contributed by atoms with van der Waals surface area (Å²) >= 11 is 1.21. The van der Waals surface area contributed by atoms with Crippen LogP contribution in [0.3, 0.4) is 0 Å². The maximum absolute atomic E-state index is 11.8. The number of aromatic nitrogens is 3. The lowest BCUT2D eigenvalue weighted by Crippen LogP contribution is -2.09. The standard InChI is InChI=1S/C18H19N3O5S/c1-4-25-15(22)11-27-18-20-19-17(14-9-6-10-26-14)21(18)16-12(23-2)7-5-8-13(16)24-3/h5-10H,4,11H2,1-3H3. The Labute approximate surface area is 160 Å². The van der Waals surface area contributed by atoms with Gasteiger partial charge in [-0.3, -0.25) is 9.36 Å². The second-order valence-electron chi connectivity index (χ2n) is 5.22. The van der Waals surface area contributed by atoms with E-state index in [-0.39, 0.29) is 11.7 Å². The number of hydrogen-bond donors (Lipinski definition) is 0. The first-order valence-electron chi connectivity index (χ1n) is 8.18. The van der Waals surface area contributed by atoms with Crippen LogP contribution >= 0.6 is 11.8 Å². The van der Waals surface area contributed by atoms with Gasteiger partial charge in [-0.15, -0.1) is 10.2 Å². The van der Waals surface area contributed by atoms with E-state index in [0.717, 1.165) is 0 Å². The predicted molar refractivity (Wildman–Crippen MR) is 99.5 cm³/mol. The van der Waals surface area contributed by atoms with Crippen LogP contribution in [0.1, 0.15) is 6.92 Å². The second-order valence-corrected chi connectivity index (χ2v) is 6.17. The Morgan fingerprint density at radius 2 is 1.89 bits per heavy atom. The molecule has 0 amide bonds. The maximum Gasteiger partial charge on any atom is 0.316 e. The van der Waals surface area contributed by atoms with E-state index in [1.807, 2.05) is 18.2 Å². The number of furan rings is 1. The number of thioether (sulfide) groups is 1. The van der Waals surface area contributed by atoms with E-state index in [1.54, 1.807) is 44.1 Å². The summed E-state index contributed by atoms with van der Waals surface area (Å²) in [5.74, 6) is 1.90. The van der Waals surface area contributed by atoms with Crippen LogP contribution < -0.4 is 9.47 Å². The molecule has 2 aromatic heterocycles. The quantitative estimate of drug-likeness (QED) is 0.429. The molecule has 0 aliphatic rings. The molecule has 0 unspecified atom stereocenters. The van der Waals surface area contributed by atoms with Gasteiger partial charge >= 0.3 is 5.97 Å². The van der Waals surface area contributed by atoms with Gasteiger partial charge < -0.3 is 18.6 Å². The highest BCUT2D eigenvalue weighted by molar-refractivity contribution is 7.99. The van der Waals surface area contributed by atoms with Crippen molar-refractivity contribution in [1.82, 2.24) is 14.8 Å². The van der Waals surface area contributed by atoms with Gasteiger partial charge in [0.05, 0.1) is 32.8 Å². The van der Waals surface area contributed by atoms with Crippen molar-refractivity contribution in [2.45, 2.75) is 12.1 Å². The molecule has 9 heteroatoms. The highest BCUT2D eigenvalue weighted by atomic mass is 32.2. The second kappa shape index (κ2) is 8.63. The Bertz CT molecular complexity index is 886. The molecule has 0 N–H and O–H groups in total. The van der Waals surface area contributed by atoms with Gasteiger partial charge in [0.1, 0.15) is 17.2 Å². The molecular formula is C18H19N3O5S. The van der Waals surface area contributed by atoms with E-state index in [9.17, 15) is 4.79 Å². The molecule has 0 radical (unpaired) electrons. The van der Waals surface area contributed by atoms with Crippen molar-refractivity contribution in [3.63, 3.8) is 0 Å². The van der Waals surface area contributed by atoms with E-state index >= 15 is 0 Å². The highest BCUT2D eigenvalue weighted by Crippen LogP contribution is 2.38. The Hall–Kier alpha value is -2.94. The molecule has 0 aliphatic carbocycles. The largest absolute Gasteiger partial charge is 0.494 e. The summed E-state index contributed by atoms with van der Waals surface area (Å²) in [6, 6.07) is 8.98. The summed E-state index contributed by atoms with van der Waals surface area (Å²) in [5, 5.41) is 8.96. The number of hydrogen-bond acceptors (Lipinski definition) is 8. The predicted octanol–water partition coefficient (Wildman–Crippen LogP) is 3.20. The summed E-state index contributed by atoms with van der Waals surface area (Å²) in [7, 11) is 3.14. The van der Waals surface area contributed by atoms with Gasteiger partial charge in [0.25, 0.3) is 0 Å². The summed E-state index contributed by atoms with van der Waals surface area (Å²) in [6.07, 6.45) is 1.55. The van der Waals surface area contributed by atoms with Crippen LogP contribution in [-0.2, 0) is 9.53 Å². The summed E-state index contributed by atoms with van der Waals surface area (Å²) in [5.41, 5.74) is 0.616. The molecule has 27 heavy (non-hydrogen) atoms. The third kappa shape index (κ3) is 3.92. The van der Waals surface area contributed by atoms with E-state index in [1.165, 1.54) is 11.8 Å². The number of esters is 1. The number of methoxy groups -OCH3 is 2. The van der Waals surface area contributed by atoms with Gasteiger partial charge in [-0.25, -0.2) is 0 Å². The molecule has 1 aromatic carbocycles. The smallest absolute Gasteiger partial charge is 0.316 e. The average molecular weight is 389 g/mol. The van der Waals surface area contributed by atoms with Gasteiger partial charge in [0, 0.05) is 0 Å². The fourth-order valence-corrected chi connectivity index (χ4v) is 3.24. The number of carbonyl (C=O) groups excluding carboxylic acids is 1. The molecule has 0 bridgehead atoms. The van der Waals surface area contributed by atoms with Crippen LogP contribution in [0, 0.1) is 0 Å². The van der Waals surface area contributed by atoms with Gasteiger partial charge in [-0.1, -0.05) is 17.8 Å². The Kier molecular flexibility index (Phi) is 6.02. The summed E-state index contributed by atoms with van der Waals surface area (Å²) in [4.78, 5) is 11.8. The molecule has 0 aliphatic heterocycles. The van der Waals surface area contributed by atoms with Crippen molar-refractivity contribution < 1.29 is 23.4 Å². The van der Waals surface area contributed by atoms with Crippen molar-refractivity contribution in [1.29, 1.82) is 0 Å². The minimum absolute atomic E-state index is 0.0988. The van der Waals surface area contributed by atoms with Crippen molar-refractivity contribution in [3.05, 3.63) is 36.6 Å². The molecule has 3 aromatic rings. The SMILES string of the molecule is CCOC(=O)CSc1nnc(-c2ccco2)n1-c1c(OC)cccc1OC. The zero-order valence-electron chi connectivity index (χ0n) is 15.2. The molecule has 0 saturated heterocycles. The van der Waals surface area contributed by atoms with Crippen LogP contribution in [0.5, 0.6) is 11.5 Å². The number of rotatable bonds is 8. The van der Waals surface area contributed by atoms with Crippen LogP contribution in [-0.4, -0.2) is 47.3 Å². The van der Waals surface area contributed by atoms with Gasteiger partial charge in [0.15, 0.2) is 10.9 Å². The van der Waals surface area contributed by atoms with Crippen molar-refractivity contribution >= 4 is 17.7 Å². The molecule has 0 spiro atoms. The van der Waals surface area contributed by atoms with Crippen molar-refractivity contribution in [2.24, 2.45) is 0 Å². The van der Waals surface area contributed by atoms with Crippen LogP contribution in [0.4, 0.5) is 0 Å². The lowest BCUT2D eigenvalue weighted by molar-refractivity contribution is -0.139. The van der Waals surface area contributed by atoms with Crippen LogP contribution in [0.2, 0.25) is 0 Å². The molecule has 2 heterocycles. The fraction of sp³-hybridized carbons (Fsp3) is 0.278. The highest BCUT2D eigenvalue weighted by Gasteiger charge is 2.24. The zero-order chi connectivity index (χ0) is 19.2. The Balaban J connectivity index is 2.12. The number of benzene rings is 1. The maximum atomic E-state index is 11.8. The number of carbonyl (C=O) groups is 1. The normalized spacial score (nSPS) is 10.6. The van der Waals surface area contributed by atoms with E-state index in [4.69, 9.17) is 18.6 Å². The first kappa shape index (κ1) is 18.8. The van der Waals surface area contributed by atoms with E-state index in [2.05, 4.69) is 10.2 Å². The Morgan fingerprint density at radius 1 is 1.15 bits per heavy atom. The van der Waals surface area contributed by atoms with Gasteiger partial charge in [-0.05, 0) is 31.2 Å². The van der Waals surface area contributed by atoms with Crippen molar-refractivity contribution in [2.75, 3.05) is 26.6 Å². The number of nitrogens with zero attached hydrogens (tertiary/aromatic N) is 3. The summed E-state index contributed by atoms with van der Waals surface area (Å²) in [6.45, 7) is 2.09. The van der Waals surface area contributed by atoms with Gasteiger partial charge in [0.2, 0.25) is 5.82 Å². The topological polar surface area (TPSA) is 88.6 Å². The molecule has 0 fully saturated rings. The first-order chi connectivity index (χ1) is 13.2.